The Morgan fingerprint density at radius 1 is 1.30 bits per heavy atom. The number of nitrogens with zero attached hydrogens (tertiary/aromatic N) is 3. The molecule has 1 aromatic carbocycles. The topological polar surface area (TPSA) is 92.0 Å². The van der Waals surface area contributed by atoms with Gasteiger partial charge in [-0.3, -0.25) is 4.99 Å². The largest absolute Gasteiger partial charge is 0.450 e. The Bertz CT molecular complexity index is 829. The molecule has 8 nitrogen and oxygen atoms in total. The number of aliphatic imine (C=N–C) groups is 1. The number of ether oxygens (including phenoxy) is 1. The van der Waals surface area contributed by atoms with Crippen molar-refractivity contribution < 1.29 is 13.9 Å². The van der Waals surface area contributed by atoms with Crippen LogP contribution in [0.25, 0.3) is 11.3 Å². The van der Waals surface area contributed by atoms with E-state index in [2.05, 4.69) is 39.7 Å². The number of oxazole rings is 1. The lowest BCUT2D eigenvalue weighted by atomic mass is 10.1. The highest BCUT2D eigenvalue weighted by Crippen LogP contribution is 2.20. The van der Waals surface area contributed by atoms with Crippen LogP contribution in [0.4, 0.5) is 4.79 Å². The number of carbonyl (C=O) groups excluding carboxylic acids is 1. The Balaban J connectivity index is 0.00000320. The lowest BCUT2D eigenvalue weighted by Gasteiger charge is -2.32. The normalized spacial score (nSPS) is 14.8. The molecule has 9 heteroatoms. The smallest absolute Gasteiger partial charge is 0.409 e. The Morgan fingerprint density at radius 2 is 2.00 bits per heavy atom. The van der Waals surface area contributed by atoms with Crippen LogP contribution >= 0.6 is 24.0 Å². The van der Waals surface area contributed by atoms with Crippen LogP contribution in [-0.4, -0.2) is 54.7 Å². The van der Waals surface area contributed by atoms with Gasteiger partial charge < -0.3 is 24.7 Å². The zero-order valence-corrected chi connectivity index (χ0v) is 20.0. The fourth-order valence-electron chi connectivity index (χ4n) is 3.21. The van der Waals surface area contributed by atoms with Crippen LogP contribution in [0.15, 0.2) is 39.9 Å². The van der Waals surface area contributed by atoms with E-state index < -0.39 is 0 Å². The van der Waals surface area contributed by atoms with Gasteiger partial charge in [0.2, 0.25) is 5.89 Å². The summed E-state index contributed by atoms with van der Waals surface area (Å²) in [6.45, 7) is 6.06. The van der Waals surface area contributed by atoms with E-state index in [-0.39, 0.29) is 36.1 Å². The van der Waals surface area contributed by atoms with E-state index in [1.165, 1.54) is 5.56 Å². The molecule has 2 heterocycles. The molecule has 164 valence electrons. The van der Waals surface area contributed by atoms with Gasteiger partial charge in [0.1, 0.15) is 0 Å². The van der Waals surface area contributed by atoms with E-state index in [9.17, 15) is 4.79 Å². The Labute approximate surface area is 194 Å². The number of rotatable bonds is 5. The molecule has 1 aliphatic rings. The Kier molecular flexibility index (Phi) is 9.41. The summed E-state index contributed by atoms with van der Waals surface area (Å²) in [6.07, 6.45) is 3.19. The Hall–Kier alpha value is -2.30. The van der Waals surface area contributed by atoms with Crippen molar-refractivity contribution in [2.24, 2.45) is 4.99 Å². The second-order valence-corrected chi connectivity index (χ2v) is 7.01. The first-order valence-electron chi connectivity index (χ1n) is 9.99. The lowest BCUT2D eigenvalue weighted by Crippen LogP contribution is -2.49. The van der Waals surface area contributed by atoms with Crippen LogP contribution in [-0.2, 0) is 11.3 Å². The minimum atomic E-state index is -0.235. The van der Waals surface area contributed by atoms with Crippen LogP contribution in [0.3, 0.4) is 0 Å². The average Bonchev–Trinajstić information content (AvgIpc) is 3.21. The van der Waals surface area contributed by atoms with Gasteiger partial charge in [0.05, 0.1) is 19.3 Å². The van der Waals surface area contributed by atoms with Crippen LogP contribution in [0.5, 0.6) is 0 Å². The van der Waals surface area contributed by atoms with Crippen LogP contribution in [0.2, 0.25) is 0 Å². The van der Waals surface area contributed by atoms with Crippen molar-refractivity contribution in [2.75, 3.05) is 26.7 Å². The van der Waals surface area contributed by atoms with Crippen molar-refractivity contribution in [1.29, 1.82) is 0 Å². The molecular formula is C21H30IN5O3. The molecule has 1 aliphatic heterocycles. The first-order valence-corrected chi connectivity index (χ1v) is 9.99. The van der Waals surface area contributed by atoms with E-state index in [0.717, 1.165) is 24.2 Å². The van der Waals surface area contributed by atoms with E-state index in [1.807, 2.05) is 19.1 Å². The SMILES string of the molecule is CCOC(=O)N1CCC(NC(=NC)NCc2ncc(-c3ccc(C)cc3)o2)CC1.I. The number of aromatic nitrogens is 1. The zero-order chi connectivity index (χ0) is 20.6. The van der Waals surface area contributed by atoms with Crippen molar-refractivity contribution in [3.63, 3.8) is 0 Å². The summed E-state index contributed by atoms with van der Waals surface area (Å²) < 4.78 is 10.9. The van der Waals surface area contributed by atoms with Gasteiger partial charge in [-0.25, -0.2) is 9.78 Å². The van der Waals surface area contributed by atoms with Crippen LogP contribution in [0.1, 0.15) is 31.2 Å². The molecule has 0 saturated carbocycles. The summed E-state index contributed by atoms with van der Waals surface area (Å²) in [5.41, 5.74) is 2.21. The van der Waals surface area contributed by atoms with Gasteiger partial charge in [-0.1, -0.05) is 29.8 Å². The van der Waals surface area contributed by atoms with E-state index in [0.29, 0.717) is 38.1 Å². The molecule has 0 atom stereocenters. The summed E-state index contributed by atoms with van der Waals surface area (Å²) in [5, 5.41) is 6.64. The number of piperidine rings is 1. The molecule has 0 radical (unpaired) electrons. The molecule has 1 aromatic heterocycles. The lowest BCUT2D eigenvalue weighted by molar-refractivity contribution is 0.0963. The molecule has 2 aromatic rings. The van der Waals surface area contributed by atoms with Gasteiger partial charge in [0.25, 0.3) is 0 Å². The molecule has 2 N–H and O–H groups in total. The number of hydrogen-bond donors (Lipinski definition) is 2. The first kappa shape index (κ1) is 24.0. The van der Waals surface area contributed by atoms with E-state index >= 15 is 0 Å². The van der Waals surface area contributed by atoms with E-state index in [1.54, 1.807) is 18.1 Å². The second kappa shape index (κ2) is 11.8. The molecule has 0 spiro atoms. The number of hydrogen-bond acceptors (Lipinski definition) is 5. The molecule has 1 saturated heterocycles. The molecular weight excluding hydrogens is 497 g/mol. The highest BCUT2D eigenvalue weighted by Gasteiger charge is 2.24. The summed E-state index contributed by atoms with van der Waals surface area (Å²) in [6, 6.07) is 8.40. The van der Waals surface area contributed by atoms with Crippen LogP contribution in [0, 0.1) is 6.92 Å². The number of halogens is 1. The van der Waals surface area contributed by atoms with Crippen LogP contribution < -0.4 is 10.6 Å². The average molecular weight is 527 g/mol. The third-order valence-electron chi connectivity index (χ3n) is 4.88. The number of amides is 1. The maximum atomic E-state index is 11.8. The third-order valence-corrected chi connectivity index (χ3v) is 4.88. The minimum Gasteiger partial charge on any atom is -0.450 e. The van der Waals surface area contributed by atoms with Gasteiger partial charge >= 0.3 is 6.09 Å². The number of nitrogens with one attached hydrogen (secondary N) is 2. The van der Waals surface area contributed by atoms with Gasteiger partial charge in [-0.05, 0) is 26.7 Å². The van der Waals surface area contributed by atoms with Gasteiger partial charge in [0, 0.05) is 31.7 Å². The number of guanidine groups is 1. The maximum absolute atomic E-state index is 11.8. The standard InChI is InChI=1S/C21H29N5O3.HI/c1-4-28-21(27)26-11-9-17(10-12-26)25-20(22-3)24-14-19-23-13-18(29-19)16-7-5-15(2)6-8-16;/h5-8,13,17H,4,9-12,14H2,1-3H3,(H2,22,24,25);1H. The summed E-state index contributed by atoms with van der Waals surface area (Å²) in [4.78, 5) is 22.2. The third kappa shape index (κ3) is 6.61. The van der Waals surface area contributed by atoms with Gasteiger partial charge in [-0.2, -0.15) is 0 Å². The van der Waals surface area contributed by atoms with Crippen molar-refractivity contribution >= 4 is 36.0 Å². The maximum Gasteiger partial charge on any atom is 0.409 e. The summed E-state index contributed by atoms with van der Waals surface area (Å²) in [5.74, 6) is 2.03. The first-order chi connectivity index (χ1) is 14.1. The Morgan fingerprint density at radius 3 is 2.63 bits per heavy atom. The molecule has 0 aliphatic carbocycles. The zero-order valence-electron chi connectivity index (χ0n) is 17.7. The molecule has 30 heavy (non-hydrogen) atoms. The highest BCUT2D eigenvalue weighted by molar-refractivity contribution is 14.0. The fourth-order valence-corrected chi connectivity index (χ4v) is 3.21. The van der Waals surface area contributed by atoms with Crippen molar-refractivity contribution in [1.82, 2.24) is 20.5 Å². The number of benzene rings is 1. The predicted octanol–water partition coefficient (Wildman–Crippen LogP) is 3.55. The second-order valence-electron chi connectivity index (χ2n) is 7.01. The molecule has 1 fully saturated rings. The fraction of sp³-hybridized carbons (Fsp3) is 0.476. The molecule has 0 bridgehead atoms. The van der Waals surface area contributed by atoms with Gasteiger partial charge in [-0.15, -0.1) is 24.0 Å². The van der Waals surface area contributed by atoms with Crippen molar-refractivity contribution in [2.45, 2.75) is 39.3 Å². The van der Waals surface area contributed by atoms with Crippen molar-refractivity contribution in [3.05, 3.63) is 41.9 Å². The van der Waals surface area contributed by atoms with Gasteiger partial charge in [0.15, 0.2) is 11.7 Å². The molecule has 3 rings (SSSR count). The summed E-state index contributed by atoms with van der Waals surface area (Å²) in [7, 11) is 1.73. The highest BCUT2D eigenvalue weighted by atomic mass is 127. The number of likely N-dealkylation sites (tertiary alicyclic amines) is 1. The predicted molar refractivity (Wildman–Crippen MR) is 127 cm³/mol. The molecule has 0 unspecified atom stereocenters. The van der Waals surface area contributed by atoms with Crippen molar-refractivity contribution in [3.8, 4) is 11.3 Å². The molecule has 1 amide bonds. The monoisotopic (exact) mass is 527 g/mol. The van der Waals surface area contributed by atoms with E-state index in [4.69, 9.17) is 9.15 Å². The minimum absolute atomic E-state index is 0. The summed E-state index contributed by atoms with van der Waals surface area (Å²) >= 11 is 0. The number of carbonyl (C=O) groups is 1. The quantitative estimate of drug-likeness (QED) is 0.351. The number of aryl methyl sites for hydroxylation is 1.